The van der Waals surface area contributed by atoms with Gasteiger partial charge < -0.3 is 10.1 Å². The Morgan fingerprint density at radius 3 is 2.48 bits per heavy atom. The van der Waals surface area contributed by atoms with Gasteiger partial charge in [-0.1, -0.05) is 58.4 Å². The molecule has 0 saturated heterocycles. The second kappa shape index (κ2) is 8.43. The van der Waals surface area contributed by atoms with Gasteiger partial charge in [-0.05, 0) is 17.7 Å². The van der Waals surface area contributed by atoms with Crippen molar-refractivity contribution in [1.82, 2.24) is 5.32 Å². The van der Waals surface area contributed by atoms with Crippen LogP contribution in [0.2, 0.25) is 0 Å². The molecule has 0 saturated carbocycles. The van der Waals surface area contributed by atoms with E-state index >= 15 is 0 Å². The predicted octanol–water partition coefficient (Wildman–Crippen LogP) is 4.67. The predicted molar refractivity (Wildman–Crippen MR) is 87.7 cm³/mol. The second-order valence-electron chi connectivity index (χ2n) is 4.63. The van der Waals surface area contributed by atoms with Crippen molar-refractivity contribution in [1.29, 1.82) is 0 Å². The molecule has 1 N–H and O–H groups in total. The molecule has 23 heavy (non-hydrogen) atoms. The molecule has 0 aliphatic heterocycles. The maximum atomic E-state index is 13.6. The van der Waals surface area contributed by atoms with E-state index in [2.05, 4.69) is 21.2 Å². The lowest BCUT2D eigenvalue weighted by Gasteiger charge is -2.05. The highest BCUT2D eigenvalue weighted by atomic mass is 79.9. The van der Waals surface area contributed by atoms with E-state index in [1.54, 1.807) is 0 Å². The van der Waals surface area contributed by atoms with E-state index < -0.39 is 17.7 Å². The first-order valence-electron chi connectivity index (χ1n) is 6.82. The molecule has 120 valence electrons. The number of rotatable bonds is 5. The summed E-state index contributed by atoms with van der Waals surface area (Å²) >= 11 is 3.01. The summed E-state index contributed by atoms with van der Waals surface area (Å²) in [5.74, 6) is -1.36. The highest BCUT2D eigenvalue weighted by Gasteiger charge is 2.07. The van der Waals surface area contributed by atoms with Crippen LogP contribution in [0.25, 0.3) is 6.08 Å². The summed E-state index contributed by atoms with van der Waals surface area (Å²) in [7, 11) is 0. The molecule has 3 nitrogen and oxygen atoms in total. The monoisotopic (exact) mass is 381 g/mol. The summed E-state index contributed by atoms with van der Waals surface area (Å²) in [4.78, 5) is 11.5. The quantitative estimate of drug-likeness (QED) is 0.817. The van der Waals surface area contributed by atoms with E-state index in [1.807, 2.05) is 30.3 Å². The van der Waals surface area contributed by atoms with Crippen LogP contribution in [0.1, 0.15) is 11.1 Å². The van der Waals surface area contributed by atoms with E-state index in [0.717, 1.165) is 5.56 Å². The molecule has 1 amide bonds. The fourth-order valence-electron chi connectivity index (χ4n) is 1.81. The molecule has 0 fully saturated rings. The number of hydrogen-bond acceptors (Lipinski definition) is 2. The van der Waals surface area contributed by atoms with Crippen molar-refractivity contribution in [3.05, 3.63) is 75.8 Å². The van der Waals surface area contributed by atoms with Crippen LogP contribution in [0.15, 0.2) is 53.0 Å². The molecular formula is C17H14BrF2NO2. The number of ether oxygens (including phenoxy) is 1. The van der Waals surface area contributed by atoms with Crippen molar-refractivity contribution in [2.75, 3.05) is 6.54 Å². The van der Waals surface area contributed by atoms with Crippen molar-refractivity contribution >= 4 is 28.1 Å². The normalized spacial score (nSPS) is 10.7. The van der Waals surface area contributed by atoms with Crippen LogP contribution >= 0.6 is 15.9 Å². The Labute approximate surface area is 141 Å². The number of nitrogens with one attached hydrogen (secondary N) is 1. The lowest BCUT2D eigenvalue weighted by Crippen LogP contribution is -2.24. The first-order chi connectivity index (χ1) is 11.1. The average Bonchev–Trinajstić information content (AvgIpc) is 2.52. The highest BCUT2D eigenvalue weighted by Crippen LogP contribution is 2.20. The third-order valence-electron chi connectivity index (χ3n) is 2.91. The smallest absolute Gasteiger partial charge is 0.407 e. The van der Waals surface area contributed by atoms with Crippen LogP contribution in [0.4, 0.5) is 13.6 Å². The summed E-state index contributed by atoms with van der Waals surface area (Å²) in [6.45, 7) is 0.259. The van der Waals surface area contributed by atoms with Crippen molar-refractivity contribution in [2.45, 2.75) is 6.61 Å². The molecule has 0 aliphatic carbocycles. The van der Waals surface area contributed by atoms with Gasteiger partial charge in [0.25, 0.3) is 0 Å². The summed E-state index contributed by atoms with van der Waals surface area (Å²) in [6.07, 6.45) is 2.11. The second-order valence-corrected chi connectivity index (χ2v) is 5.54. The van der Waals surface area contributed by atoms with Crippen LogP contribution in [0, 0.1) is 11.6 Å². The van der Waals surface area contributed by atoms with Crippen molar-refractivity contribution < 1.29 is 18.3 Å². The van der Waals surface area contributed by atoms with E-state index in [9.17, 15) is 13.6 Å². The standard InChI is InChI=1S/C17H14BrF2NO2/c18-13-9-15(19)14(16(20)10-13)7-4-8-21-17(22)23-11-12-5-2-1-3-6-12/h1-7,9-10H,8,11H2,(H,21,22). The number of alkyl carbamates (subject to hydrolysis) is 1. The fraction of sp³-hybridized carbons (Fsp3) is 0.118. The minimum absolute atomic E-state index is 0.0998. The van der Waals surface area contributed by atoms with Gasteiger partial charge in [0.1, 0.15) is 18.2 Å². The van der Waals surface area contributed by atoms with Crippen LogP contribution < -0.4 is 5.32 Å². The zero-order valence-corrected chi connectivity index (χ0v) is 13.6. The van der Waals surface area contributed by atoms with Crippen molar-refractivity contribution in [3.8, 4) is 0 Å². The lowest BCUT2D eigenvalue weighted by molar-refractivity contribution is 0.141. The SMILES string of the molecule is O=C(NCC=Cc1c(F)cc(Br)cc1F)OCc1ccccc1. The minimum atomic E-state index is -0.681. The van der Waals surface area contributed by atoms with E-state index in [4.69, 9.17) is 4.74 Å². The number of halogens is 3. The van der Waals surface area contributed by atoms with Gasteiger partial charge in [0, 0.05) is 16.6 Å². The van der Waals surface area contributed by atoms with Crippen molar-refractivity contribution in [3.63, 3.8) is 0 Å². The number of carbonyl (C=O) groups is 1. The molecule has 2 rings (SSSR count). The van der Waals surface area contributed by atoms with Gasteiger partial charge in [-0.2, -0.15) is 0 Å². The fourth-order valence-corrected chi connectivity index (χ4v) is 2.21. The van der Waals surface area contributed by atoms with Crippen molar-refractivity contribution in [2.24, 2.45) is 0 Å². The molecule has 2 aromatic rings. The van der Waals surface area contributed by atoms with Gasteiger partial charge in [-0.15, -0.1) is 0 Å². The first kappa shape index (κ1) is 17.1. The summed E-state index contributed by atoms with van der Waals surface area (Å²) in [5.41, 5.74) is 0.713. The molecule has 0 radical (unpaired) electrons. The van der Waals surface area contributed by atoms with Gasteiger partial charge in [0.2, 0.25) is 0 Å². The molecule has 0 aliphatic rings. The summed E-state index contributed by atoms with van der Waals surface area (Å²) in [6, 6.07) is 11.6. The van der Waals surface area contributed by atoms with Crippen LogP contribution in [-0.4, -0.2) is 12.6 Å². The maximum Gasteiger partial charge on any atom is 0.407 e. The van der Waals surface area contributed by atoms with Gasteiger partial charge in [0.15, 0.2) is 0 Å². The minimum Gasteiger partial charge on any atom is -0.445 e. The van der Waals surface area contributed by atoms with Gasteiger partial charge in [-0.25, -0.2) is 13.6 Å². The Morgan fingerprint density at radius 1 is 1.17 bits per heavy atom. The summed E-state index contributed by atoms with van der Waals surface area (Å²) < 4.78 is 32.5. The summed E-state index contributed by atoms with van der Waals surface area (Å²) in [5, 5.41) is 2.47. The molecule has 0 atom stereocenters. The Kier molecular flexibility index (Phi) is 6.29. The van der Waals surface area contributed by atoms with Crippen LogP contribution in [0.5, 0.6) is 0 Å². The van der Waals surface area contributed by atoms with E-state index in [0.29, 0.717) is 4.47 Å². The topological polar surface area (TPSA) is 38.3 Å². The zero-order chi connectivity index (χ0) is 16.7. The maximum absolute atomic E-state index is 13.6. The number of carbonyl (C=O) groups excluding carboxylic acids is 1. The molecule has 6 heteroatoms. The van der Waals surface area contributed by atoms with Crippen LogP contribution in [0.3, 0.4) is 0 Å². The van der Waals surface area contributed by atoms with E-state index in [-0.39, 0.29) is 18.7 Å². The zero-order valence-electron chi connectivity index (χ0n) is 12.1. The molecule has 0 heterocycles. The number of amides is 1. The first-order valence-corrected chi connectivity index (χ1v) is 7.61. The highest BCUT2D eigenvalue weighted by molar-refractivity contribution is 9.10. The van der Waals surface area contributed by atoms with Gasteiger partial charge in [0.05, 0.1) is 0 Å². The largest absolute Gasteiger partial charge is 0.445 e. The molecule has 0 spiro atoms. The van der Waals surface area contributed by atoms with Gasteiger partial charge >= 0.3 is 6.09 Å². The van der Waals surface area contributed by atoms with Crippen LogP contribution in [-0.2, 0) is 11.3 Å². The Balaban J connectivity index is 1.79. The molecule has 2 aromatic carbocycles. The number of benzene rings is 2. The third kappa shape index (κ3) is 5.49. The Morgan fingerprint density at radius 2 is 1.83 bits per heavy atom. The molecule has 0 bridgehead atoms. The third-order valence-corrected chi connectivity index (χ3v) is 3.36. The lowest BCUT2D eigenvalue weighted by atomic mass is 10.2. The molecular weight excluding hydrogens is 368 g/mol. The molecule has 0 aromatic heterocycles. The molecule has 0 unspecified atom stereocenters. The van der Waals surface area contributed by atoms with E-state index in [1.165, 1.54) is 24.3 Å². The number of hydrogen-bond donors (Lipinski definition) is 1. The average molecular weight is 382 g/mol. The Bertz CT molecular complexity index is 682. The Hall–Kier alpha value is -2.21. The van der Waals surface area contributed by atoms with Gasteiger partial charge in [-0.3, -0.25) is 0 Å².